The molecule has 1 saturated heterocycles. The SMILES string of the molecule is O=Cc1ccc(N2OCCC2=O)cc1. The second kappa shape index (κ2) is 3.59. The molecule has 1 aliphatic rings. The van der Waals surface area contributed by atoms with Crippen molar-refractivity contribution in [1.82, 2.24) is 0 Å². The average Bonchev–Trinajstić information content (AvgIpc) is 2.65. The van der Waals surface area contributed by atoms with Gasteiger partial charge in [0.2, 0.25) is 0 Å². The third kappa shape index (κ3) is 1.52. The first kappa shape index (κ1) is 8.90. The number of amides is 1. The zero-order chi connectivity index (χ0) is 9.97. The number of hydrogen-bond donors (Lipinski definition) is 0. The van der Waals surface area contributed by atoms with Crippen LogP contribution >= 0.6 is 0 Å². The van der Waals surface area contributed by atoms with E-state index >= 15 is 0 Å². The second-order valence-corrected chi connectivity index (χ2v) is 2.98. The Kier molecular flexibility index (Phi) is 2.28. The first-order valence-electron chi connectivity index (χ1n) is 4.32. The van der Waals surface area contributed by atoms with Gasteiger partial charge in [0.15, 0.2) is 0 Å². The Morgan fingerprint density at radius 2 is 2.00 bits per heavy atom. The van der Waals surface area contributed by atoms with Crippen LogP contribution in [0.5, 0.6) is 0 Å². The van der Waals surface area contributed by atoms with Crippen molar-refractivity contribution in [3.05, 3.63) is 29.8 Å². The lowest BCUT2D eigenvalue weighted by Gasteiger charge is -2.13. The third-order valence-electron chi connectivity index (χ3n) is 2.03. The molecule has 0 atom stereocenters. The van der Waals surface area contributed by atoms with Crippen molar-refractivity contribution in [3.63, 3.8) is 0 Å². The van der Waals surface area contributed by atoms with E-state index in [1.807, 2.05) is 0 Å². The second-order valence-electron chi connectivity index (χ2n) is 2.98. The van der Waals surface area contributed by atoms with Gasteiger partial charge >= 0.3 is 0 Å². The quantitative estimate of drug-likeness (QED) is 0.659. The number of nitrogens with zero attached hydrogens (tertiary/aromatic N) is 1. The van der Waals surface area contributed by atoms with E-state index in [0.717, 1.165) is 6.29 Å². The molecule has 0 unspecified atom stereocenters. The maximum absolute atomic E-state index is 11.3. The van der Waals surface area contributed by atoms with Crippen molar-refractivity contribution in [1.29, 1.82) is 0 Å². The molecule has 0 radical (unpaired) electrons. The minimum atomic E-state index is -0.0520. The Hall–Kier alpha value is -1.68. The molecular formula is C10H9NO3. The molecule has 1 aromatic carbocycles. The largest absolute Gasteiger partial charge is 0.298 e. The number of benzene rings is 1. The molecule has 0 aromatic heterocycles. The van der Waals surface area contributed by atoms with E-state index in [0.29, 0.717) is 24.3 Å². The highest BCUT2D eigenvalue weighted by atomic mass is 16.7. The number of carbonyl (C=O) groups is 2. The smallest absolute Gasteiger partial charge is 0.253 e. The van der Waals surface area contributed by atoms with Gasteiger partial charge in [-0.3, -0.25) is 14.4 Å². The van der Waals surface area contributed by atoms with Gasteiger partial charge in [-0.15, -0.1) is 0 Å². The maximum Gasteiger partial charge on any atom is 0.253 e. The normalized spacial score (nSPS) is 16.0. The third-order valence-corrected chi connectivity index (χ3v) is 2.03. The molecule has 72 valence electrons. The topological polar surface area (TPSA) is 46.6 Å². The number of hydroxylamine groups is 1. The van der Waals surface area contributed by atoms with Crippen molar-refractivity contribution in [2.24, 2.45) is 0 Å². The monoisotopic (exact) mass is 191 g/mol. The van der Waals surface area contributed by atoms with Crippen LogP contribution in [0.1, 0.15) is 16.8 Å². The van der Waals surface area contributed by atoms with Crippen LogP contribution < -0.4 is 5.06 Å². The predicted molar refractivity (Wildman–Crippen MR) is 49.9 cm³/mol. The highest BCUT2D eigenvalue weighted by Crippen LogP contribution is 2.19. The molecule has 1 amide bonds. The summed E-state index contributed by atoms with van der Waals surface area (Å²) >= 11 is 0. The molecule has 0 bridgehead atoms. The summed E-state index contributed by atoms with van der Waals surface area (Å²) in [5.41, 5.74) is 1.25. The standard InChI is InChI=1S/C10H9NO3/c12-7-8-1-3-9(4-2-8)11-10(13)5-6-14-11/h1-4,7H,5-6H2. The summed E-state index contributed by atoms with van der Waals surface area (Å²) in [6.45, 7) is 0.425. The molecule has 4 heteroatoms. The Morgan fingerprint density at radius 3 is 2.50 bits per heavy atom. The zero-order valence-corrected chi connectivity index (χ0v) is 7.47. The van der Waals surface area contributed by atoms with Gasteiger partial charge in [-0.25, -0.2) is 0 Å². The van der Waals surface area contributed by atoms with E-state index in [1.54, 1.807) is 24.3 Å². The maximum atomic E-state index is 11.3. The lowest BCUT2D eigenvalue weighted by molar-refractivity contribution is -0.119. The predicted octanol–water partition coefficient (Wildman–Crippen LogP) is 1.17. The van der Waals surface area contributed by atoms with Crippen LogP contribution in [0.15, 0.2) is 24.3 Å². The summed E-state index contributed by atoms with van der Waals surface area (Å²) in [7, 11) is 0. The molecule has 1 aromatic rings. The summed E-state index contributed by atoms with van der Waals surface area (Å²) in [4.78, 5) is 26.8. The molecule has 0 spiro atoms. The molecule has 1 heterocycles. The number of anilines is 1. The van der Waals surface area contributed by atoms with Gasteiger partial charge in [0.25, 0.3) is 5.91 Å². The van der Waals surface area contributed by atoms with Crippen molar-refractivity contribution in [3.8, 4) is 0 Å². The molecule has 1 fully saturated rings. The van der Waals surface area contributed by atoms with Crippen LogP contribution in [-0.4, -0.2) is 18.8 Å². The van der Waals surface area contributed by atoms with Gasteiger partial charge in [-0.05, 0) is 24.3 Å². The lowest BCUT2D eigenvalue weighted by Crippen LogP contribution is -2.21. The van der Waals surface area contributed by atoms with Crippen molar-refractivity contribution >= 4 is 17.9 Å². The number of hydrogen-bond acceptors (Lipinski definition) is 3. The van der Waals surface area contributed by atoms with Crippen LogP contribution in [0, 0.1) is 0 Å². The van der Waals surface area contributed by atoms with E-state index in [-0.39, 0.29) is 5.91 Å². The summed E-state index contributed by atoms with van der Waals surface area (Å²) in [6, 6.07) is 6.68. The fourth-order valence-corrected chi connectivity index (χ4v) is 1.30. The van der Waals surface area contributed by atoms with E-state index in [1.165, 1.54) is 5.06 Å². The average molecular weight is 191 g/mol. The number of carbonyl (C=O) groups excluding carboxylic acids is 2. The van der Waals surface area contributed by atoms with E-state index in [9.17, 15) is 9.59 Å². The van der Waals surface area contributed by atoms with Crippen LogP contribution in [0.25, 0.3) is 0 Å². The summed E-state index contributed by atoms with van der Waals surface area (Å²) in [5.74, 6) is -0.0520. The highest BCUT2D eigenvalue weighted by Gasteiger charge is 2.22. The van der Waals surface area contributed by atoms with Crippen LogP contribution in [0.3, 0.4) is 0 Å². The van der Waals surface area contributed by atoms with Crippen LogP contribution in [0.2, 0.25) is 0 Å². The molecule has 4 nitrogen and oxygen atoms in total. The highest BCUT2D eigenvalue weighted by molar-refractivity contribution is 5.93. The van der Waals surface area contributed by atoms with Crippen molar-refractivity contribution < 1.29 is 14.4 Å². The van der Waals surface area contributed by atoms with E-state index in [2.05, 4.69) is 0 Å². The molecule has 1 aliphatic heterocycles. The summed E-state index contributed by atoms with van der Waals surface area (Å²) in [6.07, 6.45) is 1.17. The Morgan fingerprint density at radius 1 is 1.29 bits per heavy atom. The van der Waals surface area contributed by atoms with Gasteiger partial charge in [-0.2, -0.15) is 5.06 Å². The summed E-state index contributed by atoms with van der Waals surface area (Å²) in [5, 5.41) is 1.26. The Bertz CT molecular complexity index is 358. The Balaban J connectivity index is 2.24. The van der Waals surface area contributed by atoms with Crippen LogP contribution in [-0.2, 0) is 9.63 Å². The van der Waals surface area contributed by atoms with Crippen molar-refractivity contribution in [2.75, 3.05) is 11.7 Å². The van der Waals surface area contributed by atoms with Gasteiger partial charge in [0.05, 0.1) is 18.7 Å². The lowest BCUT2D eigenvalue weighted by atomic mass is 10.2. The van der Waals surface area contributed by atoms with Gasteiger partial charge < -0.3 is 0 Å². The minimum absolute atomic E-state index is 0.0520. The van der Waals surface area contributed by atoms with Crippen LogP contribution in [0.4, 0.5) is 5.69 Å². The molecule has 2 rings (SSSR count). The van der Waals surface area contributed by atoms with Crippen molar-refractivity contribution in [2.45, 2.75) is 6.42 Å². The number of rotatable bonds is 2. The van der Waals surface area contributed by atoms with E-state index in [4.69, 9.17) is 4.84 Å². The molecule has 0 saturated carbocycles. The fourth-order valence-electron chi connectivity index (χ4n) is 1.30. The van der Waals surface area contributed by atoms with Gasteiger partial charge in [0.1, 0.15) is 6.29 Å². The number of aldehydes is 1. The molecule has 0 N–H and O–H groups in total. The minimum Gasteiger partial charge on any atom is -0.298 e. The van der Waals surface area contributed by atoms with Gasteiger partial charge in [0, 0.05) is 5.56 Å². The first-order chi connectivity index (χ1) is 6.81. The molecule has 14 heavy (non-hydrogen) atoms. The summed E-state index contributed by atoms with van der Waals surface area (Å²) < 4.78 is 0. The molecular weight excluding hydrogens is 182 g/mol. The Labute approximate surface area is 81.0 Å². The fraction of sp³-hybridized carbons (Fsp3) is 0.200. The first-order valence-corrected chi connectivity index (χ1v) is 4.32. The molecule has 0 aliphatic carbocycles. The van der Waals surface area contributed by atoms with E-state index < -0.39 is 0 Å². The van der Waals surface area contributed by atoms with Gasteiger partial charge in [-0.1, -0.05) is 0 Å². The zero-order valence-electron chi connectivity index (χ0n) is 7.47.